The molecule has 0 saturated carbocycles. The minimum Gasteiger partial charge on any atom is -0.495 e. The van der Waals surface area contributed by atoms with E-state index in [0.29, 0.717) is 37.5 Å². The topological polar surface area (TPSA) is 76.7 Å². The van der Waals surface area contributed by atoms with E-state index in [1.807, 2.05) is 19.1 Å². The third-order valence-electron chi connectivity index (χ3n) is 3.64. The highest BCUT2D eigenvalue weighted by molar-refractivity contribution is 5.96. The summed E-state index contributed by atoms with van der Waals surface area (Å²) in [4.78, 5) is 23.9. The molecular formula is C16H22N2O4. The Bertz CT molecular complexity index is 539. The maximum atomic E-state index is 12.0. The number of nitrogens with one attached hydrogen (secondary N) is 2. The van der Waals surface area contributed by atoms with Gasteiger partial charge in [-0.05, 0) is 37.5 Å². The SMILES string of the molecule is COc1ccc(C)cc1NC(=O)CNC(=O)C1CCOCC1. The molecule has 1 aliphatic heterocycles. The Labute approximate surface area is 130 Å². The van der Waals surface area contributed by atoms with Crippen molar-refractivity contribution in [1.82, 2.24) is 5.32 Å². The van der Waals surface area contributed by atoms with Crippen LogP contribution in [-0.2, 0) is 14.3 Å². The Morgan fingerprint density at radius 3 is 2.73 bits per heavy atom. The monoisotopic (exact) mass is 306 g/mol. The predicted molar refractivity (Wildman–Crippen MR) is 82.9 cm³/mol. The summed E-state index contributed by atoms with van der Waals surface area (Å²) >= 11 is 0. The van der Waals surface area contributed by atoms with E-state index >= 15 is 0 Å². The summed E-state index contributed by atoms with van der Waals surface area (Å²) in [5.41, 5.74) is 1.62. The second-order valence-corrected chi connectivity index (χ2v) is 5.36. The second kappa shape index (κ2) is 7.79. The molecule has 0 aliphatic carbocycles. The van der Waals surface area contributed by atoms with Crippen LogP contribution in [0.2, 0.25) is 0 Å². The number of aryl methyl sites for hydroxylation is 1. The summed E-state index contributed by atoms with van der Waals surface area (Å²) in [6, 6.07) is 5.53. The van der Waals surface area contributed by atoms with Crippen LogP contribution < -0.4 is 15.4 Å². The summed E-state index contributed by atoms with van der Waals surface area (Å²) in [5, 5.41) is 5.43. The first kappa shape index (κ1) is 16.3. The Morgan fingerprint density at radius 1 is 1.32 bits per heavy atom. The Hall–Kier alpha value is -2.08. The van der Waals surface area contributed by atoms with Crippen molar-refractivity contribution < 1.29 is 19.1 Å². The average Bonchev–Trinajstić information content (AvgIpc) is 2.53. The number of benzene rings is 1. The molecule has 6 heteroatoms. The number of ether oxygens (including phenoxy) is 2. The molecule has 6 nitrogen and oxygen atoms in total. The van der Waals surface area contributed by atoms with E-state index in [9.17, 15) is 9.59 Å². The molecule has 22 heavy (non-hydrogen) atoms. The molecule has 1 fully saturated rings. The molecule has 0 radical (unpaired) electrons. The fourth-order valence-electron chi connectivity index (χ4n) is 2.39. The summed E-state index contributed by atoms with van der Waals surface area (Å²) in [6.45, 7) is 3.09. The van der Waals surface area contributed by atoms with Crippen molar-refractivity contribution in [1.29, 1.82) is 0 Å². The molecule has 0 bridgehead atoms. The van der Waals surface area contributed by atoms with Gasteiger partial charge in [0.25, 0.3) is 0 Å². The Morgan fingerprint density at radius 2 is 2.05 bits per heavy atom. The summed E-state index contributed by atoms with van der Waals surface area (Å²) in [6.07, 6.45) is 1.41. The third kappa shape index (κ3) is 4.46. The molecule has 2 amide bonds. The highest BCUT2D eigenvalue weighted by Gasteiger charge is 2.21. The van der Waals surface area contributed by atoms with Gasteiger partial charge in [-0.25, -0.2) is 0 Å². The molecule has 120 valence electrons. The van der Waals surface area contributed by atoms with E-state index < -0.39 is 0 Å². The smallest absolute Gasteiger partial charge is 0.243 e. The summed E-state index contributed by atoms with van der Waals surface area (Å²) < 4.78 is 10.4. The molecule has 1 aromatic rings. The first-order valence-corrected chi connectivity index (χ1v) is 7.40. The summed E-state index contributed by atoms with van der Waals surface area (Å²) in [5.74, 6) is 0.170. The van der Waals surface area contributed by atoms with Crippen LogP contribution in [0, 0.1) is 12.8 Å². The average molecular weight is 306 g/mol. The number of anilines is 1. The normalized spacial score (nSPS) is 15.2. The molecule has 0 aromatic heterocycles. The molecule has 0 unspecified atom stereocenters. The molecule has 1 heterocycles. The van der Waals surface area contributed by atoms with Crippen molar-refractivity contribution in [2.75, 3.05) is 32.2 Å². The maximum absolute atomic E-state index is 12.0. The minimum atomic E-state index is -0.274. The standard InChI is InChI=1S/C16H22N2O4/c1-11-3-4-14(21-2)13(9-11)18-15(19)10-17-16(20)12-5-7-22-8-6-12/h3-4,9,12H,5-8,10H2,1-2H3,(H,17,20)(H,18,19). The second-order valence-electron chi connectivity index (χ2n) is 5.36. The third-order valence-corrected chi connectivity index (χ3v) is 3.64. The summed E-state index contributed by atoms with van der Waals surface area (Å²) in [7, 11) is 1.55. The quantitative estimate of drug-likeness (QED) is 0.864. The zero-order valence-corrected chi connectivity index (χ0v) is 13.0. The lowest BCUT2D eigenvalue weighted by Crippen LogP contribution is -2.38. The Balaban J connectivity index is 1.85. The van der Waals surface area contributed by atoms with Gasteiger partial charge in [0.15, 0.2) is 0 Å². The number of carbonyl (C=O) groups is 2. The fourth-order valence-corrected chi connectivity index (χ4v) is 2.39. The van der Waals surface area contributed by atoms with Gasteiger partial charge in [0.1, 0.15) is 5.75 Å². The zero-order chi connectivity index (χ0) is 15.9. The lowest BCUT2D eigenvalue weighted by atomic mass is 9.99. The van der Waals surface area contributed by atoms with Gasteiger partial charge in [0.05, 0.1) is 19.3 Å². The van der Waals surface area contributed by atoms with Crippen LogP contribution in [0.1, 0.15) is 18.4 Å². The van der Waals surface area contributed by atoms with Gasteiger partial charge in [0, 0.05) is 19.1 Å². The molecule has 1 saturated heterocycles. The van der Waals surface area contributed by atoms with Crippen molar-refractivity contribution in [3.63, 3.8) is 0 Å². The number of methoxy groups -OCH3 is 1. The molecule has 0 spiro atoms. The van der Waals surface area contributed by atoms with Gasteiger partial charge in [0.2, 0.25) is 11.8 Å². The van der Waals surface area contributed by atoms with Crippen molar-refractivity contribution in [2.45, 2.75) is 19.8 Å². The molecular weight excluding hydrogens is 284 g/mol. The van der Waals surface area contributed by atoms with Gasteiger partial charge in [-0.1, -0.05) is 6.07 Å². The fraction of sp³-hybridized carbons (Fsp3) is 0.500. The minimum absolute atomic E-state index is 0.0483. The predicted octanol–water partition coefficient (Wildman–Crippen LogP) is 1.48. The lowest BCUT2D eigenvalue weighted by Gasteiger charge is -2.21. The van der Waals surface area contributed by atoms with Gasteiger partial charge >= 0.3 is 0 Å². The van der Waals surface area contributed by atoms with E-state index in [1.54, 1.807) is 13.2 Å². The van der Waals surface area contributed by atoms with Crippen molar-refractivity contribution in [2.24, 2.45) is 5.92 Å². The van der Waals surface area contributed by atoms with Gasteiger partial charge in [-0.15, -0.1) is 0 Å². The zero-order valence-electron chi connectivity index (χ0n) is 13.0. The highest BCUT2D eigenvalue weighted by atomic mass is 16.5. The largest absolute Gasteiger partial charge is 0.495 e. The van der Waals surface area contributed by atoms with Crippen molar-refractivity contribution >= 4 is 17.5 Å². The number of rotatable bonds is 5. The van der Waals surface area contributed by atoms with Crippen molar-refractivity contribution in [3.05, 3.63) is 23.8 Å². The first-order chi connectivity index (χ1) is 10.6. The van der Waals surface area contributed by atoms with Crippen LogP contribution >= 0.6 is 0 Å². The van der Waals surface area contributed by atoms with Gasteiger partial charge in [-0.3, -0.25) is 9.59 Å². The maximum Gasteiger partial charge on any atom is 0.243 e. The van der Waals surface area contributed by atoms with Crippen LogP contribution in [0.4, 0.5) is 5.69 Å². The van der Waals surface area contributed by atoms with Crippen LogP contribution in [0.5, 0.6) is 5.75 Å². The van der Waals surface area contributed by atoms with Gasteiger partial charge < -0.3 is 20.1 Å². The van der Waals surface area contributed by atoms with E-state index in [-0.39, 0.29) is 24.3 Å². The molecule has 0 atom stereocenters. The van der Waals surface area contributed by atoms with Crippen LogP contribution in [0.3, 0.4) is 0 Å². The lowest BCUT2D eigenvalue weighted by molar-refractivity contribution is -0.129. The van der Waals surface area contributed by atoms with E-state index in [2.05, 4.69) is 10.6 Å². The molecule has 2 N–H and O–H groups in total. The van der Waals surface area contributed by atoms with Crippen LogP contribution in [0.25, 0.3) is 0 Å². The first-order valence-electron chi connectivity index (χ1n) is 7.40. The molecule has 2 rings (SSSR count). The number of amides is 2. The van der Waals surface area contributed by atoms with E-state index in [1.165, 1.54) is 0 Å². The van der Waals surface area contributed by atoms with Gasteiger partial charge in [-0.2, -0.15) is 0 Å². The van der Waals surface area contributed by atoms with Crippen molar-refractivity contribution in [3.8, 4) is 5.75 Å². The highest BCUT2D eigenvalue weighted by Crippen LogP contribution is 2.24. The van der Waals surface area contributed by atoms with Crippen LogP contribution in [-0.4, -0.2) is 38.7 Å². The van der Waals surface area contributed by atoms with Crippen LogP contribution in [0.15, 0.2) is 18.2 Å². The molecule has 1 aromatic carbocycles. The number of carbonyl (C=O) groups excluding carboxylic acids is 2. The Kier molecular flexibility index (Phi) is 5.77. The van der Waals surface area contributed by atoms with E-state index in [4.69, 9.17) is 9.47 Å². The molecule has 1 aliphatic rings. The number of hydrogen-bond acceptors (Lipinski definition) is 4. The van der Waals surface area contributed by atoms with E-state index in [0.717, 1.165) is 5.56 Å². The number of hydrogen-bond donors (Lipinski definition) is 2.